The molecular formula is C20H23BrN4O3. The number of hydrogen-bond acceptors (Lipinski definition) is 5. The summed E-state index contributed by atoms with van der Waals surface area (Å²) in [4.78, 5) is 33.9. The van der Waals surface area contributed by atoms with Crippen molar-refractivity contribution in [1.29, 1.82) is 0 Å². The molecule has 0 radical (unpaired) electrons. The average molecular weight is 447 g/mol. The van der Waals surface area contributed by atoms with Gasteiger partial charge in [0.25, 0.3) is 5.91 Å². The molecule has 3 heterocycles. The average Bonchev–Trinajstić information content (AvgIpc) is 3.30. The summed E-state index contributed by atoms with van der Waals surface area (Å²) in [5.41, 5.74) is 1.01. The molecule has 7 nitrogen and oxygen atoms in total. The lowest BCUT2D eigenvalue weighted by atomic mass is 9.96. The first kappa shape index (κ1) is 19.3. The molecule has 0 bridgehead atoms. The summed E-state index contributed by atoms with van der Waals surface area (Å²) in [6.45, 7) is 2.90. The lowest BCUT2D eigenvalue weighted by molar-refractivity contribution is -0.126. The minimum Gasteiger partial charge on any atom is -0.377 e. The smallest absolute Gasteiger partial charge is 0.270 e. The number of amides is 2. The summed E-state index contributed by atoms with van der Waals surface area (Å²) in [5, 5.41) is 6.90. The molecule has 2 aliphatic rings. The van der Waals surface area contributed by atoms with Crippen molar-refractivity contribution in [2.45, 2.75) is 38.3 Å². The Bertz CT molecular complexity index is 906. The molecule has 2 N–H and O–H groups in total. The summed E-state index contributed by atoms with van der Waals surface area (Å²) in [6.07, 6.45) is 6.48. The van der Waals surface area contributed by atoms with Crippen molar-refractivity contribution in [2.24, 2.45) is 11.8 Å². The molecule has 4 rings (SSSR count). The third-order valence-corrected chi connectivity index (χ3v) is 6.29. The number of fused-ring (bicyclic) bond motifs is 1. The van der Waals surface area contributed by atoms with Gasteiger partial charge in [-0.15, -0.1) is 0 Å². The van der Waals surface area contributed by atoms with E-state index in [1.165, 1.54) is 0 Å². The number of nitrogens with zero attached hydrogens (tertiary/aromatic N) is 2. The first-order valence-electron chi connectivity index (χ1n) is 9.62. The Morgan fingerprint density at radius 1 is 1.14 bits per heavy atom. The largest absolute Gasteiger partial charge is 0.377 e. The van der Waals surface area contributed by atoms with Crippen molar-refractivity contribution in [1.82, 2.24) is 20.6 Å². The van der Waals surface area contributed by atoms with Crippen LogP contribution in [0.4, 0.5) is 0 Å². The van der Waals surface area contributed by atoms with E-state index in [2.05, 4.69) is 43.5 Å². The highest BCUT2D eigenvalue weighted by Gasteiger charge is 2.35. The monoisotopic (exact) mass is 446 g/mol. The molecule has 2 unspecified atom stereocenters. The Labute approximate surface area is 171 Å². The third-order valence-electron chi connectivity index (χ3n) is 5.71. The molecule has 28 heavy (non-hydrogen) atoms. The van der Waals surface area contributed by atoms with Gasteiger partial charge < -0.3 is 15.4 Å². The second-order valence-corrected chi connectivity index (χ2v) is 8.49. The minimum absolute atomic E-state index is 0.0602. The van der Waals surface area contributed by atoms with Gasteiger partial charge in [0.15, 0.2) is 0 Å². The number of nitrogens with one attached hydrogen (secondary N) is 2. The number of aromatic nitrogens is 2. The summed E-state index contributed by atoms with van der Waals surface area (Å²) >= 11 is 3.42. The van der Waals surface area contributed by atoms with E-state index >= 15 is 0 Å². The van der Waals surface area contributed by atoms with Gasteiger partial charge in [-0.25, -0.2) is 4.98 Å². The molecule has 8 heteroatoms. The predicted molar refractivity (Wildman–Crippen MR) is 108 cm³/mol. The van der Waals surface area contributed by atoms with Gasteiger partial charge in [0, 0.05) is 23.7 Å². The van der Waals surface area contributed by atoms with Crippen molar-refractivity contribution in [3.05, 3.63) is 34.7 Å². The summed E-state index contributed by atoms with van der Waals surface area (Å²) in [5.74, 6) is 0.254. The lowest BCUT2D eigenvalue weighted by Crippen LogP contribution is -2.52. The molecule has 2 aromatic heterocycles. The molecule has 0 aromatic carbocycles. The van der Waals surface area contributed by atoms with Crippen LogP contribution in [0.5, 0.6) is 0 Å². The maximum Gasteiger partial charge on any atom is 0.270 e. The molecule has 2 fully saturated rings. The van der Waals surface area contributed by atoms with Crippen molar-refractivity contribution in [3.63, 3.8) is 0 Å². The van der Waals surface area contributed by atoms with Gasteiger partial charge in [0.2, 0.25) is 5.91 Å². The number of halogens is 1. The maximum atomic E-state index is 12.7. The second kappa shape index (κ2) is 8.13. The van der Waals surface area contributed by atoms with Crippen LogP contribution in [0, 0.1) is 11.8 Å². The fourth-order valence-electron chi connectivity index (χ4n) is 4.04. The standard InChI is InChI=1S/C20H23BrN4O3/c1-11-3-2-4-13(11)19(26)24-16-9-28-10-17(16)25-20(27)15-6-5-12-7-22-8-14(21)18(12)23-15/h5-8,11,13,16-17H,2-4,9-10H2,1H3,(H,24,26)(H,25,27)/t11?,13?,16-,17+/m1/s1. The molecule has 1 aliphatic heterocycles. The SMILES string of the molecule is CC1CCCC1C(=O)N[C@@H]1COC[C@@H]1NC(=O)c1ccc2cncc(Br)c2n1. The highest BCUT2D eigenvalue weighted by Crippen LogP contribution is 2.31. The molecule has 1 aliphatic carbocycles. The quantitative estimate of drug-likeness (QED) is 0.751. The van der Waals surface area contributed by atoms with Crippen LogP contribution in [0.15, 0.2) is 29.0 Å². The number of carbonyl (C=O) groups excluding carboxylic acids is 2. The summed E-state index contributed by atoms with van der Waals surface area (Å²) in [7, 11) is 0. The van der Waals surface area contributed by atoms with Crippen LogP contribution in [0.1, 0.15) is 36.7 Å². The van der Waals surface area contributed by atoms with Gasteiger partial charge in [-0.1, -0.05) is 13.3 Å². The van der Waals surface area contributed by atoms with E-state index < -0.39 is 0 Å². The summed E-state index contributed by atoms with van der Waals surface area (Å²) in [6, 6.07) is 3.00. The van der Waals surface area contributed by atoms with E-state index in [-0.39, 0.29) is 29.8 Å². The normalized spacial score (nSPS) is 27.1. The first-order valence-corrected chi connectivity index (χ1v) is 10.4. The zero-order valence-electron chi connectivity index (χ0n) is 15.7. The van der Waals surface area contributed by atoms with E-state index in [0.29, 0.717) is 30.3 Å². The van der Waals surface area contributed by atoms with Crippen LogP contribution in [-0.4, -0.2) is 47.1 Å². The molecule has 2 amide bonds. The van der Waals surface area contributed by atoms with Gasteiger partial charge in [-0.3, -0.25) is 14.6 Å². The Balaban J connectivity index is 1.43. The number of carbonyl (C=O) groups is 2. The second-order valence-electron chi connectivity index (χ2n) is 7.64. The van der Waals surface area contributed by atoms with Gasteiger partial charge in [0.05, 0.1) is 35.3 Å². The van der Waals surface area contributed by atoms with Crippen molar-refractivity contribution in [2.75, 3.05) is 13.2 Å². The Hall–Kier alpha value is -2.06. The lowest BCUT2D eigenvalue weighted by Gasteiger charge is -2.23. The number of hydrogen-bond donors (Lipinski definition) is 2. The van der Waals surface area contributed by atoms with Gasteiger partial charge >= 0.3 is 0 Å². The topological polar surface area (TPSA) is 93.2 Å². The van der Waals surface area contributed by atoms with Gasteiger partial charge in [-0.2, -0.15) is 0 Å². The molecule has 4 atom stereocenters. The van der Waals surface area contributed by atoms with Crippen LogP contribution >= 0.6 is 15.9 Å². The fraction of sp³-hybridized carbons (Fsp3) is 0.500. The Morgan fingerprint density at radius 3 is 2.68 bits per heavy atom. The minimum atomic E-state index is -0.283. The third kappa shape index (κ3) is 3.89. The maximum absolute atomic E-state index is 12.7. The van der Waals surface area contributed by atoms with Crippen LogP contribution in [0.2, 0.25) is 0 Å². The molecule has 1 saturated carbocycles. The molecule has 2 aromatic rings. The molecule has 1 saturated heterocycles. The highest BCUT2D eigenvalue weighted by molar-refractivity contribution is 9.10. The predicted octanol–water partition coefficient (Wildman–Crippen LogP) is 2.44. The van der Waals surface area contributed by atoms with E-state index in [9.17, 15) is 9.59 Å². The van der Waals surface area contributed by atoms with Crippen molar-refractivity contribution < 1.29 is 14.3 Å². The van der Waals surface area contributed by atoms with Gasteiger partial charge in [0.1, 0.15) is 5.69 Å². The van der Waals surface area contributed by atoms with E-state index in [1.807, 2.05) is 6.07 Å². The fourth-order valence-corrected chi connectivity index (χ4v) is 4.48. The highest BCUT2D eigenvalue weighted by atomic mass is 79.9. The number of ether oxygens (including phenoxy) is 1. The Kier molecular flexibility index (Phi) is 5.59. The molecule has 148 valence electrons. The van der Waals surface area contributed by atoms with Gasteiger partial charge in [-0.05, 0) is 46.8 Å². The Morgan fingerprint density at radius 2 is 1.93 bits per heavy atom. The van der Waals surface area contributed by atoms with Crippen LogP contribution in [0.3, 0.4) is 0 Å². The zero-order chi connectivity index (χ0) is 19.7. The van der Waals surface area contributed by atoms with E-state index in [0.717, 1.165) is 29.1 Å². The zero-order valence-corrected chi connectivity index (χ0v) is 17.2. The number of rotatable bonds is 4. The molecule has 0 spiro atoms. The summed E-state index contributed by atoms with van der Waals surface area (Å²) < 4.78 is 6.26. The first-order chi connectivity index (χ1) is 13.5. The van der Waals surface area contributed by atoms with Crippen molar-refractivity contribution >= 4 is 38.6 Å². The van der Waals surface area contributed by atoms with E-state index in [4.69, 9.17) is 4.74 Å². The van der Waals surface area contributed by atoms with Crippen LogP contribution in [0.25, 0.3) is 10.9 Å². The molecular weight excluding hydrogens is 424 g/mol. The van der Waals surface area contributed by atoms with Crippen LogP contribution in [-0.2, 0) is 9.53 Å². The van der Waals surface area contributed by atoms with Crippen LogP contribution < -0.4 is 10.6 Å². The van der Waals surface area contributed by atoms with E-state index in [1.54, 1.807) is 18.5 Å². The van der Waals surface area contributed by atoms with Crippen molar-refractivity contribution in [3.8, 4) is 0 Å². The number of pyridine rings is 2.